The highest BCUT2D eigenvalue weighted by Crippen LogP contribution is 2.38. The van der Waals surface area contributed by atoms with Gasteiger partial charge in [0, 0.05) is 19.3 Å². The van der Waals surface area contributed by atoms with Gasteiger partial charge in [-0.1, -0.05) is 18.2 Å². The number of aromatic nitrogens is 1. The lowest BCUT2D eigenvalue weighted by atomic mass is 9.99. The Morgan fingerprint density at radius 1 is 1.12 bits per heavy atom. The molecule has 0 saturated heterocycles. The Labute approximate surface area is 183 Å². The second-order valence-electron chi connectivity index (χ2n) is 7.60. The molecule has 0 spiro atoms. The fourth-order valence-electron chi connectivity index (χ4n) is 3.95. The number of pyridine rings is 1. The van der Waals surface area contributed by atoms with Gasteiger partial charge in [-0.25, -0.2) is 0 Å². The van der Waals surface area contributed by atoms with E-state index in [4.69, 9.17) is 4.74 Å². The Kier molecular flexibility index (Phi) is 6.14. The summed E-state index contributed by atoms with van der Waals surface area (Å²) in [5.41, 5.74) is 4.49. The average molecular weight is 442 g/mol. The van der Waals surface area contributed by atoms with E-state index in [0.717, 1.165) is 34.2 Å². The van der Waals surface area contributed by atoms with Gasteiger partial charge in [0.05, 0.1) is 11.7 Å². The standard InChI is InChI=1S/C24H21F3N2O3/c1-16-10-21(31-15-19-4-2-3-9-28-19)11-18-13-29(22(14-30)23(16)18)12-17-5-7-20(8-6-17)32-24(25,26)27/h2-11,14,22H,12-13,15H2,1H3. The third-order valence-electron chi connectivity index (χ3n) is 5.29. The maximum atomic E-state index is 12.4. The highest BCUT2D eigenvalue weighted by Gasteiger charge is 2.33. The zero-order valence-corrected chi connectivity index (χ0v) is 17.3. The number of aldehydes is 1. The monoisotopic (exact) mass is 442 g/mol. The minimum atomic E-state index is -4.73. The van der Waals surface area contributed by atoms with Crippen molar-refractivity contribution < 1.29 is 27.4 Å². The molecule has 5 nitrogen and oxygen atoms in total. The Hall–Kier alpha value is -3.39. The van der Waals surface area contributed by atoms with Crippen LogP contribution in [0.2, 0.25) is 0 Å². The number of fused-ring (bicyclic) bond motifs is 1. The number of hydrogen-bond acceptors (Lipinski definition) is 5. The molecule has 1 aliphatic heterocycles. The van der Waals surface area contributed by atoms with Gasteiger partial charge in [0.25, 0.3) is 0 Å². The maximum Gasteiger partial charge on any atom is 0.573 e. The van der Waals surface area contributed by atoms with Gasteiger partial charge in [-0.3, -0.25) is 9.88 Å². The Morgan fingerprint density at radius 2 is 1.91 bits per heavy atom. The molecule has 32 heavy (non-hydrogen) atoms. The second-order valence-corrected chi connectivity index (χ2v) is 7.60. The van der Waals surface area contributed by atoms with Crippen LogP contribution in [0.4, 0.5) is 13.2 Å². The molecular weight excluding hydrogens is 421 g/mol. The lowest BCUT2D eigenvalue weighted by molar-refractivity contribution is -0.274. The molecule has 0 bridgehead atoms. The van der Waals surface area contributed by atoms with Crippen LogP contribution in [0, 0.1) is 6.92 Å². The molecule has 0 amide bonds. The number of hydrogen-bond donors (Lipinski definition) is 0. The summed E-state index contributed by atoms with van der Waals surface area (Å²) in [6.07, 6.45) is -2.12. The summed E-state index contributed by atoms with van der Waals surface area (Å²) < 4.78 is 46.9. The fourth-order valence-corrected chi connectivity index (χ4v) is 3.95. The van der Waals surface area contributed by atoms with E-state index < -0.39 is 12.4 Å². The van der Waals surface area contributed by atoms with Crippen molar-refractivity contribution >= 4 is 6.29 Å². The summed E-state index contributed by atoms with van der Waals surface area (Å²) in [6, 6.07) is 14.7. The Bertz CT molecular complexity index is 1090. The first kappa shape index (κ1) is 21.8. The third-order valence-corrected chi connectivity index (χ3v) is 5.29. The number of rotatable bonds is 7. The van der Waals surface area contributed by atoms with Gasteiger partial charge in [0.15, 0.2) is 0 Å². The number of ether oxygens (including phenoxy) is 2. The SMILES string of the molecule is Cc1cc(OCc2ccccn2)cc2c1C(C=O)N(Cc1ccc(OC(F)(F)F)cc1)C2. The van der Waals surface area contributed by atoms with Gasteiger partial charge in [-0.2, -0.15) is 0 Å². The predicted octanol–water partition coefficient (Wildman–Crippen LogP) is 5.12. The van der Waals surface area contributed by atoms with Gasteiger partial charge in [-0.15, -0.1) is 13.2 Å². The molecule has 8 heteroatoms. The fraction of sp³-hybridized carbons (Fsp3) is 0.250. The minimum absolute atomic E-state index is 0.275. The molecule has 1 aliphatic rings. The van der Waals surface area contributed by atoms with Crippen molar-refractivity contribution in [1.82, 2.24) is 9.88 Å². The largest absolute Gasteiger partial charge is 0.573 e. The predicted molar refractivity (Wildman–Crippen MR) is 111 cm³/mol. The summed E-state index contributed by atoms with van der Waals surface area (Å²) in [5.74, 6) is 0.426. The van der Waals surface area contributed by atoms with Crippen LogP contribution >= 0.6 is 0 Å². The van der Waals surface area contributed by atoms with Crippen molar-refractivity contribution in [3.05, 3.63) is 88.7 Å². The number of carbonyl (C=O) groups excluding carboxylic acids is 1. The molecule has 0 fully saturated rings. The van der Waals surface area contributed by atoms with Crippen molar-refractivity contribution in [2.45, 2.75) is 39.0 Å². The van der Waals surface area contributed by atoms with E-state index >= 15 is 0 Å². The van der Waals surface area contributed by atoms with E-state index in [1.807, 2.05) is 42.2 Å². The summed E-state index contributed by atoms with van der Waals surface area (Å²) in [5, 5.41) is 0. The summed E-state index contributed by atoms with van der Waals surface area (Å²) >= 11 is 0. The van der Waals surface area contributed by atoms with Crippen molar-refractivity contribution in [2.75, 3.05) is 0 Å². The van der Waals surface area contributed by atoms with E-state index in [9.17, 15) is 18.0 Å². The van der Waals surface area contributed by atoms with Crippen molar-refractivity contribution in [1.29, 1.82) is 0 Å². The van der Waals surface area contributed by atoms with Crippen LogP contribution < -0.4 is 9.47 Å². The number of aryl methyl sites for hydroxylation is 1. The maximum absolute atomic E-state index is 12.4. The zero-order valence-electron chi connectivity index (χ0n) is 17.3. The number of alkyl halides is 3. The molecule has 1 atom stereocenters. The molecule has 0 saturated carbocycles. The first-order valence-corrected chi connectivity index (χ1v) is 10.0. The van der Waals surface area contributed by atoms with Gasteiger partial charge in [0.1, 0.15) is 24.4 Å². The molecule has 1 aromatic heterocycles. The van der Waals surface area contributed by atoms with Gasteiger partial charge in [0.2, 0.25) is 0 Å². The molecule has 0 aliphatic carbocycles. The lowest BCUT2D eigenvalue weighted by Crippen LogP contribution is -2.23. The molecule has 0 radical (unpaired) electrons. The van der Waals surface area contributed by atoms with Crippen molar-refractivity contribution in [3.8, 4) is 11.5 Å². The summed E-state index contributed by atoms with van der Waals surface area (Å²) in [6.45, 7) is 3.22. The quantitative estimate of drug-likeness (QED) is 0.475. The van der Waals surface area contributed by atoms with Gasteiger partial charge < -0.3 is 14.3 Å². The number of halogens is 3. The van der Waals surface area contributed by atoms with E-state index in [1.54, 1.807) is 18.3 Å². The average Bonchev–Trinajstić information content (AvgIpc) is 3.11. The van der Waals surface area contributed by atoms with E-state index in [-0.39, 0.29) is 5.75 Å². The molecule has 166 valence electrons. The summed E-state index contributed by atoms with van der Waals surface area (Å²) in [4.78, 5) is 18.1. The molecule has 0 N–H and O–H groups in total. The number of benzene rings is 2. The molecule has 2 heterocycles. The van der Waals surface area contributed by atoms with E-state index in [1.165, 1.54) is 12.1 Å². The molecule has 3 aromatic rings. The first-order chi connectivity index (χ1) is 15.3. The molecule has 2 aromatic carbocycles. The Morgan fingerprint density at radius 3 is 2.56 bits per heavy atom. The summed E-state index contributed by atoms with van der Waals surface area (Å²) in [7, 11) is 0. The lowest BCUT2D eigenvalue weighted by Gasteiger charge is -2.21. The van der Waals surface area contributed by atoms with Crippen LogP contribution in [0.15, 0.2) is 60.8 Å². The third kappa shape index (κ3) is 5.08. The molecule has 4 rings (SSSR count). The number of nitrogens with zero attached hydrogens (tertiary/aromatic N) is 2. The van der Waals surface area contributed by atoms with Crippen LogP contribution in [0.25, 0.3) is 0 Å². The highest BCUT2D eigenvalue weighted by atomic mass is 19.4. The highest BCUT2D eigenvalue weighted by molar-refractivity contribution is 5.66. The van der Waals surface area contributed by atoms with Crippen LogP contribution in [0.3, 0.4) is 0 Å². The van der Waals surface area contributed by atoms with Crippen LogP contribution in [-0.4, -0.2) is 22.5 Å². The topological polar surface area (TPSA) is 51.7 Å². The van der Waals surface area contributed by atoms with Crippen LogP contribution in [0.1, 0.15) is 34.0 Å². The minimum Gasteiger partial charge on any atom is -0.487 e. The second kappa shape index (κ2) is 9.00. The normalized spacial score (nSPS) is 15.9. The Balaban J connectivity index is 1.47. The van der Waals surface area contributed by atoms with Gasteiger partial charge in [-0.05, 0) is 65.6 Å². The van der Waals surface area contributed by atoms with Crippen molar-refractivity contribution in [3.63, 3.8) is 0 Å². The van der Waals surface area contributed by atoms with Gasteiger partial charge >= 0.3 is 6.36 Å². The zero-order chi connectivity index (χ0) is 22.7. The first-order valence-electron chi connectivity index (χ1n) is 10.0. The van der Waals surface area contributed by atoms with Crippen LogP contribution in [-0.2, 0) is 24.5 Å². The molecular formula is C24H21F3N2O3. The van der Waals surface area contributed by atoms with E-state index in [2.05, 4.69) is 9.72 Å². The van der Waals surface area contributed by atoms with Crippen LogP contribution in [0.5, 0.6) is 11.5 Å². The molecule has 1 unspecified atom stereocenters. The van der Waals surface area contributed by atoms with Crippen molar-refractivity contribution in [2.24, 2.45) is 0 Å². The number of carbonyl (C=O) groups is 1. The smallest absolute Gasteiger partial charge is 0.487 e. The van der Waals surface area contributed by atoms with E-state index in [0.29, 0.717) is 25.4 Å².